The van der Waals surface area contributed by atoms with Crippen LogP contribution in [0, 0.1) is 0 Å². The minimum Gasteiger partial charge on any atom is -0.456 e. The summed E-state index contributed by atoms with van der Waals surface area (Å²) in [6, 6.07) is 77.0. The average molecular weight is 770 g/mol. The van der Waals surface area contributed by atoms with E-state index in [1.54, 1.807) is 0 Å². The maximum atomic E-state index is 6.29. The molecule has 0 aliphatic carbocycles. The highest BCUT2D eigenvalue weighted by Gasteiger charge is 2.22. The minimum atomic E-state index is 0.902. The van der Waals surface area contributed by atoms with Gasteiger partial charge in [-0.3, -0.25) is 0 Å². The minimum absolute atomic E-state index is 0.902. The molecule has 0 amide bonds. The van der Waals surface area contributed by atoms with Crippen LogP contribution in [0.15, 0.2) is 217 Å². The molecule has 0 saturated heterocycles. The van der Waals surface area contributed by atoms with Gasteiger partial charge in [-0.05, 0) is 103 Å². The number of hydrogen-bond donors (Lipinski definition) is 0. The van der Waals surface area contributed by atoms with E-state index in [1.165, 1.54) is 64.0 Å². The first-order valence-electron chi connectivity index (χ1n) is 20.1. The Morgan fingerprint density at radius 3 is 1.81 bits per heavy atom. The van der Waals surface area contributed by atoms with Gasteiger partial charge in [0.1, 0.15) is 11.2 Å². The van der Waals surface area contributed by atoms with Crippen molar-refractivity contribution in [3.05, 3.63) is 212 Å². The number of rotatable bonds is 6. The second kappa shape index (κ2) is 13.6. The number of furan rings is 1. The summed E-state index contributed by atoms with van der Waals surface area (Å²) in [5.41, 5.74) is 12.4. The lowest BCUT2D eigenvalue weighted by atomic mass is 9.97. The first-order chi connectivity index (χ1) is 29.2. The number of hydrogen-bond acceptors (Lipinski definition) is 3. The standard InChI is InChI=1S/C56H35NOS/c1-2-11-36(12-3-1)37-21-23-40(24-22-37)46-33-34-50(55-48-16-7-9-20-53(48)59-56(46)55)57(43-32-29-41-26-25-38-13-4-5-14-44(38)49(41)35-43)42-30-27-39(28-31-42)45-17-10-19-52-54(45)47-15-6-8-18-51(47)58-52/h1-35H. The summed E-state index contributed by atoms with van der Waals surface area (Å²) in [5.74, 6) is 0. The molecule has 0 aliphatic rings. The van der Waals surface area contributed by atoms with Crippen molar-refractivity contribution >= 4 is 92.1 Å². The van der Waals surface area contributed by atoms with Crippen LogP contribution in [0.5, 0.6) is 0 Å². The van der Waals surface area contributed by atoms with Gasteiger partial charge in [0.25, 0.3) is 0 Å². The van der Waals surface area contributed by atoms with Crippen molar-refractivity contribution < 1.29 is 4.42 Å². The fourth-order valence-corrected chi connectivity index (χ4v) is 10.3. The van der Waals surface area contributed by atoms with E-state index >= 15 is 0 Å². The third-order valence-electron chi connectivity index (χ3n) is 11.9. The van der Waals surface area contributed by atoms with E-state index in [0.717, 1.165) is 50.1 Å². The molecule has 0 aliphatic heterocycles. The zero-order chi connectivity index (χ0) is 38.9. The number of nitrogens with zero attached hydrogens (tertiary/aromatic N) is 1. The zero-order valence-electron chi connectivity index (χ0n) is 32.0. The number of anilines is 3. The molecule has 59 heavy (non-hydrogen) atoms. The topological polar surface area (TPSA) is 16.4 Å². The highest BCUT2D eigenvalue weighted by atomic mass is 32.1. The molecule has 0 fully saturated rings. The maximum absolute atomic E-state index is 6.29. The van der Waals surface area contributed by atoms with Gasteiger partial charge in [0.2, 0.25) is 0 Å². The number of fused-ring (bicyclic) bond motifs is 9. The molecule has 0 atom stereocenters. The molecule has 0 N–H and O–H groups in total. The Balaban J connectivity index is 1.07. The fraction of sp³-hybridized carbons (Fsp3) is 0. The van der Waals surface area contributed by atoms with Gasteiger partial charge in [-0.2, -0.15) is 0 Å². The molecule has 2 aromatic heterocycles. The van der Waals surface area contributed by atoms with E-state index in [1.807, 2.05) is 23.5 Å². The lowest BCUT2D eigenvalue weighted by Gasteiger charge is -2.28. The van der Waals surface area contributed by atoms with Gasteiger partial charge in [0.15, 0.2) is 0 Å². The van der Waals surface area contributed by atoms with Crippen LogP contribution in [0.25, 0.3) is 97.0 Å². The Hall–Kier alpha value is -7.46. The molecular weight excluding hydrogens is 735 g/mol. The predicted octanol–water partition coefficient (Wildman–Crippen LogP) is 16.7. The molecule has 0 radical (unpaired) electrons. The monoisotopic (exact) mass is 769 g/mol. The molecule has 10 aromatic carbocycles. The first kappa shape index (κ1) is 33.7. The van der Waals surface area contributed by atoms with Crippen molar-refractivity contribution in [1.29, 1.82) is 0 Å². The van der Waals surface area contributed by atoms with Gasteiger partial charge in [-0.25, -0.2) is 0 Å². The van der Waals surface area contributed by atoms with Crippen LogP contribution < -0.4 is 4.90 Å². The van der Waals surface area contributed by atoms with Crippen molar-refractivity contribution in [1.82, 2.24) is 0 Å². The van der Waals surface area contributed by atoms with Gasteiger partial charge in [-0.1, -0.05) is 164 Å². The predicted molar refractivity (Wildman–Crippen MR) is 253 cm³/mol. The quantitative estimate of drug-likeness (QED) is 0.157. The van der Waals surface area contributed by atoms with E-state index in [-0.39, 0.29) is 0 Å². The van der Waals surface area contributed by atoms with Crippen LogP contribution in [0.3, 0.4) is 0 Å². The second-order valence-electron chi connectivity index (χ2n) is 15.2. The molecule has 12 aromatic rings. The highest BCUT2D eigenvalue weighted by molar-refractivity contribution is 7.26. The van der Waals surface area contributed by atoms with E-state index in [0.29, 0.717) is 0 Å². The van der Waals surface area contributed by atoms with Crippen LogP contribution in [0.1, 0.15) is 0 Å². The third-order valence-corrected chi connectivity index (χ3v) is 13.1. The molecule has 2 nitrogen and oxygen atoms in total. The lowest BCUT2D eigenvalue weighted by molar-refractivity contribution is 0.669. The summed E-state index contributed by atoms with van der Waals surface area (Å²) < 4.78 is 8.84. The Morgan fingerprint density at radius 1 is 0.356 bits per heavy atom. The van der Waals surface area contributed by atoms with Crippen molar-refractivity contribution in [2.24, 2.45) is 0 Å². The summed E-state index contributed by atoms with van der Waals surface area (Å²) in [4.78, 5) is 2.46. The van der Waals surface area contributed by atoms with Crippen molar-refractivity contribution in [3.8, 4) is 33.4 Å². The smallest absolute Gasteiger partial charge is 0.136 e. The molecule has 0 bridgehead atoms. The molecule has 0 unspecified atom stereocenters. The zero-order valence-corrected chi connectivity index (χ0v) is 32.8. The van der Waals surface area contributed by atoms with Crippen LogP contribution in [0.4, 0.5) is 17.1 Å². The highest BCUT2D eigenvalue weighted by Crippen LogP contribution is 2.49. The number of benzene rings is 10. The summed E-state index contributed by atoms with van der Waals surface area (Å²) in [5, 5.41) is 9.75. The van der Waals surface area contributed by atoms with Crippen LogP contribution in [-0.4, -0.2) is 0 Å². The van der Waals surface area contributed by atoms with Crippen molar-refractivity contribution in [3.63, 3.8) is 0 Å². The first-order valence-corrected chi connectivity index (χ1v) is 20.9. The third kappa shape index (κ3) is 5.55. The Bertz CT molecular complexity index is 3540. The molecule has 276 valence electrons. The van der Waals surface area contributed by atoms with Crippen molar-refractivity contribution in [2.45, 2.75) is 0 Å². The van der Waals surface area contributed by atoms with Gasteiger partial charge in [-0.15, -0.1) is 11.3 Å². The number of thiophene rings is 1. The van der Waals surface area contributed by atoms with Crippen LogP contribution >= 0.6 is 11.3 Å². The Morgan fingerprint density at radius 2 is 0.966 bits per heavy atom. The van der Waals surface area contributed by atoms with E-state index < -0.39 is 0 Å². The van der Waals surface area contributed by atoms with Crippen LogP contribution in [-0.2, 0) is 0 Å². The summed E-state index contributed by atoms with van der Waals surface area (Å²) >= 11 is 1.88. The van der Waals surface area contributed by atoms with E-state index in [9.17, 15) is 0 Å². The molecule has 12 rings (SSSR count). The van der Waals surface area contributed by atoms with Gasteiger partial charge < -0.3 is 9.32 Å². The molecular formula is C56H35NOS. The second-order valence-corrected chi connectivity index (χ2v) is 16.3. The summed E-state index contributed by atoms with van der Waals surface area (Å²) in [6.07, 6.45) is 0. The van der Waals surface area contributed by atoms with E-state index in [4.69, 9.17) is 4.42 Å². The van der Waals surface area contributed by atoms with Crippen LogP contribution in [0.2, 0.25) is 0 Å². The maximum Gasteiger partial charge on any atom is 0.136 e. The average Bonchev–Trinajstić information content (AvgIpc) is 3.89. The van der Waals surface area contributed by atoms with E-state index in [2.05, 4.69) is 205 Å². The molecule has 0 saturated carbocycles. The lowest BCUT2D eigenvalue weighted by Crippen LogP contribution is -2.10. The molecule has 2 heterocycles. The van der Waals surface area contributed by atoms with Gasteiger partial charge >= 0.3 is 0 Å². The van der Waals surface area contributed by atoms with Gasteiger partial charge in [0.05, 0.1) is 5.69 Å². The molecule has 3 heteroatoms. The Kier molecular flexibility index (Phi) is 7.75. The normalized spacial score (nSPS) is 11.7. The summed E-state index contributed by atoms with van der Waals surface area (Å²) in [6.45, 7) is 0. The Labute approximate surface area is 345 Å². The number of para-hydroxylation sites is 1. The fourth-order valence-electron chi connectivity index (χ4n) is 9.06. The largest absolute Gasteiger partial charge is 0.456 e. The van der Waals surface area contributed by atoms with Crippen molar-refractivity contribution in [2.75, 3.05) is 4.90 Å². The molecule has 0 spiro atoms. The SMILES string of the molecule is c1ccc(-c2ccc(-c3ccc(N(c4ccc(-c5cccc6oc7ccccc7c56)cc4)c4ccc5ccc6ccccc6c5c4)c4c3sc3ccccc34)cc2)cc1. The van der Waals surface area contributed by atoms with Gasteiger partial charge in [0, 0.05) is 42.3 Å². The summed E-state index contributed by atoms with van der Waals surface area (Å²) in [7, 11) is 0.